The summed E-state index contributed by atoms with van der Waals surface area (Å²) in [5.74, 6) is 0.151. The molecule has 116 valence electrons. The highest BCUT2D eigenvalue weighted by atomic mass is 16.5. The van der Waals surface area contributed by atoms with Gasteiger partial charge in [-0.2, -0.15) is 0 Å². The Morgan fingerprint density at radius 2 is 2.05 bits per heavy atom. The highest BCUT2D eigenvalue weighted by Crippen LogP contribution is 2.19. The van der Waals surface area contributed by atoms with Crippen molar-refractivity contribution < 1.29 is 9.53 Å². The second kappa shape index (κ2) is 7.43. The Balaban J connectivity index is 1.91. The van der Waals surface area contributed by atoms with E-state index in [0.29, 0.717) is 19.8 Å². The van der Waals surface area contributed by atoms with E-state index < -0.39 is 6.04 Å². The van der Waals surface area contributed by atoms with Crippen LogP contribution in [0.25, 0.3) is 0 Å². The average molecular weight is 291 g/mol. The van der Waals surface area contributed by atoms with Gasteiger partial charge in [-0.25, -0.2) is 0 Å². The molecule has 5 heteroatoms. The first-order chi connectivity index (χ1) is 10.1. The van der Waals surface area contributed by atoms with Crippen LogP contribution in [-0.4, -0.2) is 39.3 Å². The Morgan fingerprint density at radius 3 is 2.71 bits per heavy atom. The molecule has 1 saturated heterocycles. The predicted molar refractivity (Wildman–Crippen MR) is 84.1 cm³/mol. The number of amides is 1. The van der Waals surface area contributed by atoms with Gasteiger partial charge in [-0.15, -0.1) is 0 Å². The molecule has 1 heterocycles. The number of ether oxygens (including phenoxy) is 1. The normalized spacial score (nSPS) is 17.3. The predicted octanol–water partition coefficient (Wildman–Crippen LogP) is 1.12. The van der Waals surface area contributed by atoms with Crippen LogP contribution < -0.4 is 16.0 Å². The van der Waals surface area contributed by atoms with Gasteiger partial charge in [0.05, 0.1) is 6.04 Å². The van der Waals surface area contributed by atoms with E-state index in [1.165, 1.54) is 0 Å². The molecule has 0 aromatic heterocycles. The Kier molecular flexibility index (Phi) is 5.59. The number of rotatable bonds is 5. The van der Waals surface area contributed by atoms with Gasteiger partial charge >= 0.3 is 0 Å². The van der Waals surface area contributed by atoms with Crippen LogP contribution in [0.5, 0.6) is 0 Å². The van der Waals surface area contributed by atoms with Gasteiger partial charge in [0.1, 0.15) is 0 Å². The number of nitrogens with two attached hydrogens (primary N) is 1. The quantitative estimate of drug-likeness (QED) is 0.853. The minimum absolute atomic E-state index is 0.0736. The summed E-state index contributed by atoms with van der Waals surface area (Å²) in [6, 6.07) is 7.59. The standard InChI is InChI=1S/C16H25N3O2/c1-19(2)14-6-4-3-5-13(14)11-18-16(20)15(17)12-7-9-21-10-8-12/h3-6,12,15H,7-11,17H2,1-2H3,(H,18,20). The molecule has 0 aliphatic carbocycles. The van der Waals surface area contributed by atoms with Crippen LogP contribution in [0, 0.1) is 5.92 Å². The molecule has 1 atom stereocenters. The van der Waals surface area contributed by atoms with Gasteiger partial charge in [-0.3, -0.25) is 4.79 Å². The minimum Gasteiger partial charge on any atom is -0.381 e. The summed E-state index contributed by atoms with van der Waals surface area (Å²) in [7, 11) is 3.99. The molecular formula is C16H25N3O2. The van der Waals surface area contributed by atoms with Crippen molar-refractivity contribution in [2.45, 2.75) is 25.4 Å². The van der Waals surface area contributed by atoms with E-state index in [1.54, 1.807) is 0 Å². The molecule has 1 amide bonds. The van der Waals surface area contributed by atoms with Crippen LogP contribution in [0.3, 0.4) is 0 Å². The summed E-state index contributed by atoms with van der Waals surface area (Å²) in [4.78, 5) is 14.2. The van der Waals surface area contributed by atoms with E-state index in [1.807, 2.05) is 43.3 Å². The number of carbonyl (C=O) groups excluding carboxylic acids is 1. The lowest BCUT2D eigenvalue weighted by Crippen LogP contribution is -2.46. The van der Waals surface area contributed by atoms with E-state index in [4.69, 9.17) is 10.5 Å². The molecule has 1 aliphatic heterocycles. The van der Waals surface area contributed by atoms with Crippen LogP contribution in [-0.2, 0) is 16.1 Å². The van der Waals surface area contributed by atoms with E-state index in [2.05, 4.69) is 5.32 Å². The fraction of sp³-hybridized carbons (Fsp3) is 0.562. The monoisotopic (exact) mass is 291 g/mol. The Bertz CT molecular complexity index is 470. The van der Waals surface area contributed by atoms with Crippen LogP contribution in [0.1, 0.15) is 18.4 Å². The number of para-hydroxylation sites is 1. The van der Waals surface area contributed by atoms with Gasteiger partial charge in [0.25, 0.3) is 0 Å². The van der Waals surface area contributed by atoms with Crippen molar-refractivity contribution >= 4 is 11.6 Å². The number of nitrogens with zero attached hydrogens (tertiary/aromatic N) is 1. The summed E-state index contributed by atoms with van der Waals surface area (Å²) >= 11 is 0. The molecule has 1 aliphatic rings. The molecule has 1 fully saturated rings. The van der Waals surface area contributed by atoms with Crippen molar-refractivity contribution in [2.75, 3.05) is 32.2 Å². The SMILES string of the molecule is CN(C)c1ccccc1CNC(=O)C(N)C1CCOCC1. The summed E-state index contributed by atoms with van der Waals surface area (Å²) < 4.78 is 5.31. The van der Waals surface area contributed by atoms with Crippen LogP contribution in [0.4, 0.5) is 5.69 Å². The maximum Gasteiger partial charge on any atom is 0.237 e. The zero-order chi connectivity index (χ0) is 15.2. The molecule has 1 aromatic rings. The summed E-state index contributed by atoms with van der Waals surface area (Å²) in [6.45, 7) is 1.91. The molecule has 0 spiro atoms. The maximum absolute atomic E-state index is 12.2. The van der Waals surface area contributed by atoms with E-state index in [9.17, 15) is 4.79 Å². The van der Waals surface area contributed by atoms with Gasteiger partial charge < -0.3 is 20.7 Å². The average Bonchev–Trinajstić information content (AvgIpc) is 2.52. The highest BCUT2D eigenvalue weighted by Gasteiger charge is 2.26. The zero-order valence-corrected chi connectivity index (χ0v) is 12.8. The number of nitrogens with one attached hydrogen (secondary N) is 1. The second-order valence-corrected chi connectivity index (χ2v) is 5.72. The number of anilines is 1. The molecule has 3 N–H and O–H groups in total. The molecule has 1 aromatic carbocycles. The molecule has 2 rings (SSSR count). The molecule has 0 saturated carbocycles. The smallest absolute Gasteiger partial charge is 0.237 e. The summed E-state index contributed by atoms with van der Waals surface area (Å²) in [5, 5.41) is 2.96. The molecule has 1 unspecified atom stereocenters. The van der Waals surface area contributed by atoms with Crippen molar-refractivity contribution in [3.63, 3.8) is 0 Å². The lowest BCUT2D eigenvalue weighted by molar-refractivity contribution is -0.124. The zero-order valence-electron chi connectivity index (χ0n) is 12.8. The topological polar surface area (TPSA) is 67.6 Å². The van der Waals surface area contributed by atoms with E-state index >= 15 is 0 Å². The second-order valence-electron chi connectivity index (χ2n) is 5.72. The first-order valence-corrected chi connectivity index (χ1v) is 7.46. The highest BCUT2D eigenvalue weighted by molar-refractivity contribution is 5.82. The minimum atomic E-state index is -0.444. The molecule has 0 radical (unpaired) electrons. The van der Waals surface area contributed by atoms with Crippen molar-refractivity contribution in [3.8, 4) is 0 Å². The molecular weight excluding hydrogens is 266 g/mol. The number of benzene rings is 1. The Labute approximate surface area is 126 Å². The van der Waals surface area contributed by atoms with Gasteiger partial charge in [-0.05, 0) is 30.4 Å². The number of hydrogen-bond acceptors (Lipinski definition) is 4. The number of carbonyl (C=O) groups is 1. The van der Waals surface area contributed by atoms with Gasteiger partial charge in [-0.1, -0.05) is 18.2 Å². The van der Waals surface area contributed by atoms with E-state index in [-0.39, 0.29) is 11.8 Å². The van der Waals surface area contributed by atoms with Gasteiger partial charge in [0.2, 0.25) is 5.91 Å². The Morgan fingerprint density at radius 1 is 1.38 bits per heavy atom. The number of hydrogen-bond donors (Lipinski definition) is 2. The molecule has 21 heavy (non-hydrogen) atoms. The lowest BCUT2D eigenvalue weighted by Gasteiger charge is -2.27. The van der Waals surface area contributed by atoms with Crippen molar-refractivity contribution in [1.82, 2.24) is 5.32 Å². The van der Waals surface area contributed by atoms with E-state index in [0.717, 1.165) is 24.1 Å². The van der Waals surface area contributed by atoms with Gasteiger partial charge in [0.15, 0.2) is 0 Å². The first kappa shape index (κ1) is 15.8. The third kappa shape index (κ3) is 4.19. The van der Waals surface area contributed by atoms with Crippen LogP contribution in [0.2, 0.25) is 0 Å². The van der Waals surface area contributed by atoms with Gasteiger partial charge in [0, 0.05) is 39.5 Å². The summed E-state index contributed by atoms with van der Waals surface area (Å²) in [6.07, 6.45) is 1.73. The summed E-state index contributed by atoms with van der Waals surface area (Å²) in [5.41, 5.74) is 8.28. The van der Waals surface area contributed by atoms with Crippen molar-refractivity contribution in [2.24, 2.45) is 11.7 Å². The largest absolute Gasteiger partial charge is 0.381 e. The van der Waals surface area contributed by atoms with Crippen LogP contribution >= 0.6 is 0 Å². The fourth-order valence-corrected chi connectivity index (χ4v) is 2.69. The Hall–Kier alpha value is -1.59. The van der Waals surface area contributed by atoms with Crippen molar-refractivity contribution in [1.29, 1.82) is 0 Å². The third-order valence-corrected chi connectivity index (χ3v) is 4.00. The third-order valence-electron chi connectivity index (χ3n) is 4.00. The van der Waals surface area contributed by atoms with Crippen molar-refractivity contribution in [3.05, 3.63) is 29.8 Å². The molecule has 5 nitrogen and oxygen atoms in total. The maximum atomic E-state index is 12.2. The lowest BCUT2D eigenvalue weighted by atomic mass is 9.92. The van der Waals surface area contributed by atoms with Crippen LogP contribution in [0.15, 0.2) is 24.3 Å². The fourth-order valence-electron chi connectivity index (χ4n) is 2.69. The first-order valence-electron chi connectivity index (χ1n) is 7.46. The molecule has 0 bridgehead atoms.